The lowest BCUT2D eigenvalue weighted by atomic mass is 9.68. The van der Waals surface area contributed by atoms with Crippen molar-refractivity contribution < 1.29 is 0 Å². The lowest BCUT2D eigenvalue weighted by molar-refractivity contribution is 0.495. The van der Waals surface area contributed by atoms with Crippen LogP contribution in [-0.2, 0) is 10.8 Å². The van der Waals surface area contributed by atoms with Gasteiger partial charge >= 0.3 is 0 Å². The minimum atomic E-state index is -0.358. The number of fused-ring (bicyclic) bond motifs is 5. The van der Waals surface area contributed by atoms with E-state index >= 15 is 0 Å². The maximum Gasteiger partial charge on any atom is 0.0938 e. The minimum absolute atomic E-state index is 0.0800. The number of anilines is 2. The lowest BCUT2D eigenvalue weighted by Crippen LogP contribution is -2.32. The standard InChI is InChI=1S/C38H39N5/c1-37(2,3)26-13-15-34-31(22-26)30-11-8-12-32-36(30)43(34)35-16-14-29(42-20-18-40(6)25-42)23-33(35)38(32,4)27-9-7-10-28(21-27)41-19-17-39(5)24-41/h7-23H,24-25H2,1-6H3. The first-order chi connectivity index (χ1) is 20.6. The topological polar surface area (TPSA) is 17.9 Å². The van der Waals surface area contributed by atoms with E-state index < -0.39 is 0 Å². The van der Waals surface area contributed by atoms with Crippen LogP contribution in [0.1, 0.15) is 49.9 Å². The van der Waals surface area contributed by atoms with E-state index in [1.54, 1.807) is 0 Å². The van der Waals surface area contributed by atoms with Gasteiger partial charge in [0.05, 0.1) is 30.1 Å². The molecule has 4 aromatic carbocycles. The van der Waals surface area contributed by atoms with Crippen molar-refractivity contribution in [1.82, 2.24) is 14.4 Å². The van der Waals surface area contributed by atoms with Crippen molar-refractivity contribution in [1.29, 1.82) is 0 Å². The Labute approximate surface area is 254 Å². The maximum atomic E-state index is 2.53. The van der Waals surface area contributed by atoms with Crippen LogP contribution in [0.3, 0.4) is 0 Å². The van der Waals surface area contributed by atoms with Crippen molar-refractivity contribution in [2.75, 3.05) is 37.2 Å². The number of nitrogens with zero attached hydrogens (tertiary/aromatic N) is 5. The Morgan fingerprint density at radius 3 is 2.02 bits per heavy atom. The van der Waals surface area contributed by atoms with Gasteiger partial charge in [0.1, 0.15) is 0 Å². The van der Waals surface area contributed by atoms with E-state index in [0.717, 1.165) is 13.3 Å². The number of aromatic nitrogens is 1. The zero-order chi connectivity index (χ0) is 29.7. The highest BCUT2D eigenvalue weighted by Crippen LogP contribution is 2.52. The molecule has 5 heteroatoms. The predicted molar refractivity (Wildman–Crippen MR) is 180 cm³/mol. The smallest absolute Gasteiger partial charge is 0.0938 e. The molecule has 3 aliphatic rings. The predicted octanol–water partition coefficient (Wildman–Crippen LogP) is 8.11. The fourth-order valence-corrected chi connectivity index (χ4v) is 7.33. The fraction of sp³-hybridized carbons (Fsp3) is 0.263. The molecular weight excluding hydrogens is 526 g/mol. The number of hydrogen-bond donors (Lipinski definition) is 0. The molecule has 0 aliphatic carbocycles. The molecule has 0 fully saturated rings. The van der Waals surface area contributed by atoms with Crippen LogP contribution in [0, 0.1) is 0 Å². The number of para-hydroxylation sites is 1. The van der Waals surface area contributed by atoms with Gasteiger partial charge in [-0.15, -0.1) is 0 Å². The van der Waals surface area contributed by atoms with Gasteiger partial charge in [-0.25, -0.2) is 0 Å². The molecule has 5 nitrogen and oxygen atoms in total. The van der Waals surface area contributed by atoms with E-state index in [0.29, 0.717) is 0 Å². The summed E-state index contributed by atoms with van der Waals surface area (Å²) in [7, 11) is 4.24. The van der Waals surface area contributed by atoms with E-state index in [1.165, 1.54) is 61.1 Å². The Hall–Kier alpha value is -4.64. The van der Waals surface area contributed by atoms with Crippen LogP contribution in [0.5, 0.6) is 0 Å². The van der Waals surface area contributed by atoms with E-state index in [1.807, 2.05) is 0 Å². The third-order valence-electron chi connectivity index (χ3n) is 9.79. The van der Waals surface area contributed by atoms with Crippen molar-refractivity contribution in [2.45, 2.75) is 38.5 Å². The molecule has 4 heterocycles. The highest BCUT2D eigenvalue weighted by Gasteiger charge is 2.41. The van der Waals surface area contributed by atoms with Crippen LogP contribution in [0.4, 0.5) is 11.4 Å². The number of hydrogen-bond acceptors (Lipinski definition) is 4. The quantitative estimate of drug-likeness (QED) is 0.220. The number of benzene rings is 4. The molecule has 5 aromatic rings. The summed E-state index contributed by atoms with van der Waals surface area (Å²) in [5.74, 6) is 0. The highest BCUT2D eigenvalue weighted by molar-refractivity contribution is 6.12. The van der Waals surface area contributed by atoms with Gasteiger partial charge in [0, 0.05) is 66.5 Å². The van der Waals surface area contributed by atoms with Crippen molar-refractivity contribution in [3.8, 4) is 5.69 Å². The van der Waals surface area contributed by atoms with Gasteiger partial charge < -0.3 is 24.2 Å². The van der Waals surface area contributed by atoms with Gasteiger partial charge in [-0.1, -0.05) is 57.2 Å². The summed E-state index contributed by atoms with van der Waals surface area (Å²) in [4.78, 5) is 9.08. The van der Waals surface area contributed by atoms with Crippen molar-refractivity contribution in [3.05, 3.63) is 126 Å². The molecule has 0 saturated heterocycles. The van der Waals surface area contributed by atoms with Gasteiger partial charge in [0.25, 0.3) is 0 Å². The lowest BCUT2D eigenvalue weighted by Gasteiger charge is -2.39. The molecule has 8 rings (SSSR count). The summed E-state index contributed by atoms with van der Waals surface area (Å²) < 4.78 is 2.53. The molecular formula is C38H39N5. The molecule has 0 N–H and O–H groups in total. The Kier molecular flexibility index (Phi) is 5.41. The molecule has 1 aromatic heterocycles. The molecule has 1 atom stereocenters. The molecule has 0 bridgehead atoms. The van der Waals surface area contributed by atoms with E-state index in [9.17, 15) is 0 Å². The van der Waals surface area contributed by atoms with Gasteiger partial charge in [0.2, 0.25) is 0 Å². The van der Waals surface area contributed by atoms with Crippen LogP contribution in [0.2, 0.25) is 0 Å². The third kappa shape index (κ3) is 3.77. The van der Waals surface area contributed by atoms with Gasteiger partial charge in [0.15, 0.2) is 0 Å². The van der Waals surface area contributed by atoms with Crippen LogP contribution in [0.15, 0.2) is 104 Å². The van der Waals surface area contributed by atoms with E-state index in [-0.39, 0.29) is 10.8 Å². The van der Waals surface area contributed by atoms with Crippen LogP contribution in [-0.4, -0.2) is 41.8 Å². The van der Waals surface area contributed by atoms with Crippen molar-refractivity contribution >= 4 is 33.2 Å². The van der Waals surface area contributed by atoms with E-state index in [4.69, 9.17) is 0 Å². The SMILES string of the molecule is CN1C=CN(c2cccc(C3(C)c4cc(N5C=CN(C)C5)ccc4-n4c5ccc(C(C)(C)C)cc5c5cccc3c54)c2)C1. The maximum absolute atomic E-state index is 2.53. The molecule has 3 aliphatic heterocycles. The summed E-state index contributed by atoms with van der Waals surface area (Å²) >= 11 is 0. The normalized spacial score (nSPS) is 19.4. The Morgan fingerprint density at radius 2 is 1.35 bits per heavy atom. The summed E-state index contributed by atoms with van der Waals surface area (Å²) in [5.41, 5.74) is 11.4. The van der Waals surface area contributed by atoms with E-state index in [2.05, 4.69) is 170 Å². The molecule has 0 radical (unpaired) electrons. The van der Waals surface area contributed by atoms with Gasteiger partial charge in [-0.3, -0.25) is 0 Å². The molecule has 43 heavy (non-hydrogen) atoms. The Bertz CT molecular complexity index is 1990. The first-order valence-corrected chi connectivity index (χ1v) is 15.3. The first-order valence-electron chi connectivity index (χ1n) is 15.3. The first kappa shape index (κ1) is 26.0. The van der Waals surface area contributed by atoms with Gasteiger partial charge in [-0.05, 0) is 77.1 Å². The summed E-state index contributed by atoms with van der Waals surface area (Å²) in [6.07, 6.45) is 8.65. The second-order valence-corrected chi connectivity index (χ2v) is 13.7. The molecule has 0 amide bonds. The molecule has 1 unspecified atom stereocenters. The second kappa shape index (κ2) is 8.93. The summed E-state index contributed by atoms with van der Waals surface area (Å²) in [6.45, 7) is 11.0. The van der Waals surface area contributed by atoms with Crippen molar-refractivity contribution in [3.63, 3.8) is 0 Å². The fourth-order valence-electron chi connectivity index (χ4n) is 7.33. The zero-order valence-electron chi connectivity index (χ0n) is 26.0. The second-order valence-electron chi connectivity index (χ2n) is 13.7. The largest absolute Gasteiger partial charge is 0.361 e. The summed E-state index contributed by atoms with van der Waals surface area (Å²) in [6, 6.07) is 30.3. The monoisotopic (exact) mass is 565 g/mol. The minimum Gasteiger partial charge on any atom is -0.361 e. The average molecular weight is 566 g/mol. The Morgan fingerprint density at radius 1 is 0.651 bits per heavy atom. The molecule has 0 spiro atoms. The van der Waals surface area contributed by atoms with Crippen LogP contribution in [0.25, 0.3) is 27.5 Å². The molecule has 0 saturated carbocycles. The summed E-state index contributed by atoms with van der Waals surface area (Å²) in [5, 5.41) is 2.65. The number of rotatable bonds is 3. The Balaban J connectivity index is 1.43. The van der Waals surface area contributed by atoms with Gasteiger partial charge in [-0.2, -0.15) is 0 Å². The zero-order valence-corrected chi connectivity index (χ0v) is 26.0. The third-order valence-corrected chi connectivity index (χ3v) is 9.79. The van der Waals surface area contributed by atoms with Crippen LogP contribution < -0.4 is 9.80 Å². The molecule has 216 valence electrons. The van der Waals surface area contributed by atoms with Crippen LogP contribution >= 0.6 is 0 Å². The average Bonchev–Trinajstić information content (AvgIpc) is 3.72. The highest BCUT2D eigenvalue weighted by atomic mass is 15.3. The van der Waals surface area contributed by atoms with Crippen molar-refractivity contribution in [2.24, 2.45) is 0 Å².